The summed E-state index contributed by atoms with van der Waals surface area (Å²) in [7, 11) is 0. The second kappa shape index (κ2) is 11.9. The summed E-state index contributed by atoms with van der Waals surface area (Å²) < 4.78 is 0. The molecule has 1 aromatic carbocycles. The fourth-order valence-electron chi connectivity index (χ4n) is 2.61. The third kappa shape index (κ3) is 8.22. The van der Waals surface area contributed by atoms with Gasteiger partial charge in [-0.3, -0.25) is 14.4 Å². The Kier molecular flexibility index (Phi) is 9.90. The zero-order valence-electron chi connectivity index (χ0n) is 17.7. The van der Waals surface area contributed by atoms with Crippen molar-refractivity contribution >= 4 is 23.7 Å². The number of carbonyl (C=O) groups excluding carboxylic acids is 3. The molecule has 3 amide bonds. The van der Waals surface area contributed by atoms with Crippen LogP contribution in [-0.2, 0) is 25.6 Å². The maximum atomic E-state index is 12.8. The first kappa shape index (κ1) is 25.9. The van der Waals surface area contributed by atoms with E-state index in [-0.39, 0.29) is 12.2 Å². The van der Waals surface area contributed by atoms with Gasteiger partial charge >= 0.3 is 5.97 Å². The molecule has 31 heavy (non-hydrogen) atoms. The standard InChI is InChI=1S/C20H30N4O7/c1-10(2)16(20(30)31)24-18(28)14(8-12-4-6-13(26)7-5-12)22-19(29)15(9-25)23-17(27)11(3)21/h4-7,10-11,14-16,25-26H,8-9,21H2,1-3H3,(H,22,29)(H,23,27)(H,24,28)(H,30,31). The molecule has 0 aliphatic heterocycles. The number of aliphatic carboxylic acids is 1. The van der Waals surface area contributed by atoms with Crippen LogP contribution in [0.25, 0.3) is 0 Å². The van der Waals surface area contributed by atoms with Crippen molar-refractivity contribution in [3.05, 3.63) is 29.8 Å². The predicted octanol–water partition coefficient (Wildman–Crippen LogP) is -1.53. The number of nitrogens with one attached hydrogen (secondary N) is 3. The van der Waals surface area contributed by atoms with Crippen molar-refractivity contribution in [1.82, 2.24) is 16.0 Å². The van der Waals surface area contributed by atoms with Crippen molar-refractivity contribution in [3.63, 3.8) is 0 Å². The minimum atomic E-state index is -1.35. The minimum Gasteiger partial charge on any atom is -0.508 e. The molecule has 1 rings (SSSR count). The summed E-state index contributed by atoms with van der Waals surface area (Å²) >= 11 is 0. The molecule has 0 radical (unpaired) electrons. The van der Waals surface area contributed by atoms with Crippen LogP contribution in [0.5, 0.6) is 5.75 Å². The zero-order valence-corrected chi connectivity index (χ0v) is 17.7. The number of amides is 3. The van der Waals surface area contributed by atoms with Crippen LogP contribution in [0, 0.1) is 5.92 Å². The van der Waals surface area contributed by atoms with E-state index in [9.17, 15) is 34.5 Å². The predicted molar refractivity (Wildman–Crippen MR) is 111 cm³/mol. The Bertz CT molecular complexity index is 780. The van der Waals surface area contributed by atoms with Gasteiger partial charge in [0.25, 0.3) is 0 Å². The van der Waals surface area contributed by atoms with Crippen LogP contribution in [0.4, 0.5) is 0 Å². The van der Waals surface area contributed by atoms with Crippen molar-refractivity contribution in [1.29, 1.82) is 0 Å². The largest absolute Gasteiger partial charge is 0.508 e. The highest BCUT2D eigenvalue weighted by molar-refractivity contribution is 5.94. The summed E-state index contributed by atoms with van der Waals surface area (Å²) in [5.41, 5.74) is 6.03. The Labute approximate surface area is 180 Å². The first-order valence-electron chi connectivity index (χ1n) is 9.74. The summed E-state index contributed by atoms with van der Waals surface area (Å²) in [6.07, 6.45) is -0.0261. The minimum absolute atomic E-state index is 0.0125. The van der Waals surface area contributed by atoms with Gasteiger partial charge in [0.05, 0.1) is 12.6 Å². The summed E-state index contributed by atoms with van der Waals surface area (Å²) in [6, 6.07) is 1.23. The van der Waals surface area contributed by atoms with Gasteiger partial charge in [0.1, 0.15) is 23.9 Å². The highest BCUT2D eigenvalue weighted by atomic mass is 16.4. The van der Waals surface area contributed by atoms with E-state index in [2.05, 4.69) is 16.0 Å². The number of carboxylic acid groups (broad SMARTS) is 1. The molecule has 0 fully saturated rings. The summed E-state index contributed by atoms with van der Waals surface area (Å²) in [5.74, 6) is -3.89. The van der Waals surface area contributed by atoms with Gasteiger partial charge in [0.2, 0.25) is 17.7 Å². The summed E-state index contributed by atoms with van der Waals surface area (Å²) in [5, 5.41) is 35.3. The summed E-state index contributed by atoms with van der Waals surface area (Å²) in [4.78, 5) is 48.6. The lowest BCUT2D eigenvalue weighted by atomic mass is 10.0. The third-order valence-corrected chi connectivity index (χ3v) is 4.47. The molecular formula is C20H30N4O7. The van der Waals surface area contributed by atoms with Gasteiger partial charge in [0, 0.05) is 6.42 Å². The lowest BCUT2D eigenvalue weighted by Gasteiger charge is -2.25. The van der Waals surface area contributed by atoms with Crippen molar-refractivity contribution < 1.29 is 34.5 Å². The Morgan fingerprint density at radius 1 is 0.903 bits per heavy atom. The van der Waals surface area contributed by atoms with E-state index in [1.165, 1.54) is 19.1 Å². The monoisotopic (exact) mass is 438 g/mol. The van der Waals surface area contributed by atoms with Crippen LogP contribution in [0.3, 0.4) is 0 Å². The number of rotatable bonds is 11. The third-order valence-electron chi connectivity index (χ3n) is 4.47. The fraction of sp³-hybridized carbons (Fsp3) is 0.500. The zero-order chi connectivity index (χ0) is 23.7. The van der Waals surface area contributed by atoms with Gasteiger partial charge in [-0.1, -0.05) is 26.0 Å². The lowest BCUT2D eigenvalue weighted by Crippen LogP contribution is -2.58. The van der Waals surface area contributed by atoms with E-state index in [1.54, 1.807) is 26.0 Å². The van der Waals surface area contributed by atoms with Gasteiger partial charge in [-0.15, -0.1) is 0 Å². The average molecular weight is 438 g/mol. The van der Waals surface area contributed by atoms with Crippen LogP contribution in [0.15, 0.2) is 24.3 Å². The first-order chi connectivity index (χ1) is 14.5. The van der Waals surface area contributed by atoms with E-state index < -0.39 is 60.4 Å². The molecule has 172 valence electrons. The highest BCUT2D eigenvalue weighted by Crippen LogP contribution is 2.12. The van der Waals surface area contributed by atoms with Gasteiger partial charge in [0.15, 0.2) is 0 Å². The molecule has 0 spiro atoms. The molecule has 0 aromatic heterocycles. The number of aromatic hydroxyl groups is 1. The number of benzene rings is 1. The SMILES string of the molecule is CC(N)C(=O)NC(CO)C(=O)NC(Cc1ccc(O)cc1)C(=O)NC(C(=O)O)C(C)C. The van der Waals surface area contributed by atoms with Crippen LogP contribution < -0.4 is 21.7 Å². The average Bonchev–Trinajstić information content (AvgIpc) is 2.69. The quantitative estimate of drug-likeness (QED) is 0.216. The van der Waals surface area contributed by atoms with Gasteiger partial charge in [-0.25, -0.2) is 4.79 Å². The molecule has 11 heteroatoms. The van der Waals surface area contributed by atoms with Gasteiger partial charge < -0.3 is 37.0 Å². The molecule has 0 heterocycles. The normalized spacial score (nSPS) is 14.8. The highest BCUT2D eigenvalue weighted by Gasteiger charge is 2.31. The van der Waals surface area contributed by atoms with Crippen molar-refractivity contribution in [2.24, 2.45) is 11.7 Å². The number of carboxylic acids is 1. The molecule has 0 saturated heterocycles. The van der Waals surface area contributed by atoms with Crippen LogP contribution >= 0.6 is 0 Å². The second-order valence-corrected chi connectivity index (χ2v) is 7.53. The Morgan fingerprint density at radius 2 is 1.42 bits per heavy atom. The maximum Gasteiger partial charge on any atom is 0.326 e. The molecular weight excluding hydrogens is 408 g/mol. The van der Waals surface area contributed by atoms with Crippen molar-refractivity contribution in [2.75, 3.05) is 6.61 Å². The second-order valence-electron chi connectivity index (χ2n) is 7.53. The topological polar surface area (TPSA) is 191 Å². The number of phenols is 1. The smallest absolute Gasteiger partial charge is 0.326 e. The molecule has 4 atom stereocenters. The van der Waals surface area contributed by atoms with Crippen LogP contribution in [0.2, 0.25) is 0 Å². The lowest BCUT2D eigenvalue weighted by molar-refractivity contribution is -0.143. The molecule has 0 aliphatic rings. The molecule has 11 nitrogen and oxygen atoms in total. The maximum absolute atomic E-state index is 12.8. The Balaban J connectivity index is 3.06. The number of hydrogen-bond acceptors (Lipinski definition) is 7. The number of aliphatic hydroxyl groups is 1. The number of hydrogen-bond donors (Lipinski definition) is 7. The number of phenolic OH excluding ortho intramolecular Hbond substituents is 1. The van der Waals surface area contributed by atoms with Crippen LogP contribution in [0.1, 0.15) is 26.3 Å². The van der Waals surface area contributed by atoms with Crippen molar-refractivity contribution in [2.45, 2.75) is 51.4 Å². The Morgan fingerprint density at radius 3 is 1.87 bits per heavy atom. The summed E-state index contributed by atoms with van der Waals surface area (Å²) in [6.45, 7) is 3.91. The molecule has 0 saturated carbocycles. The van der Waals surface area contributed by atoms with E-state index in [1.807, 2.05) is 0 Å². The molecule has 1 aromatic rings. The Hall–Kier alpha value is -3.18. The van der Waals surface area contributed by atoms with Gasteiger partial charge in [-0.2, -0.15) is 0 Å². The van der Waals surface area contributed by atoms with Crippen LogP contribution in [-0.4, -0.2) is 69.8 Å². The van der Waals surface area contributed by atoms with E-state index in [4.69, 9.17) is 5.73 Å². The fourth-order valence-corrected chi connectivity index (χ4v) is 2.61. The first-order valence-corrected chi connectivity index (χ1v) is 9.74. The number of nitrogens with two attached hydrogens (primary N) is 1. The van der Waals surface area contributed by atoms with Crippen molar-refractivity contribution in [3.8, 4) is 5.75 Å². The molecule has 4 unspecified atom stereocenters. The molecule has 0 aliphatic carbocycles. The number of carbonyl (C=O) groups is 4. The van der Waals surface area contributed by atoms with E-state index >= 15 is 0 Å². The number of aliphatic hydroxyl groups excluding tert-OH is 1. The molecule has 0 bridgehead atoms. The van der Waals surface area contributed by atoms with E-state index in [0.29, 0.717) is 5.56 Å². The van der Waals surface area contributed by atoms with Gasteiger partial charge in [-0.05, 0) is 30.5 Å². The molecule has 8 N–H and O–H groups in total. The van der Waals surface area contributed by atoms with E-state index in [0.717, 1.165) is 0 Å².